The van der Waals surface area contributed by atoms with Crippen LogP contribution in [-0.2, 0) is 16.2 Å². The van der Waals surface area contributed by atoms with Crippen LogP contribution >= 0.6 is 0 Å². The molecule has 1 unspecified atom stereocenters. The number of halogens is 3. The van der Waals surface area contributed by atoms with Crippen molar-refractivity contribution in [2.24, 2.45) is 5.14 Å². The molecule has 1 aliphatic rings. The van der Waals surface area contributed by atoms with E-state index in [1.165, 1.54) is 6.07 Å². The van der Waals surface area contributed by atoms with Gasteiger partial charge in [-0.2, -0.15) is 13.2 Å². The second-order valence-corrected chi connectivity index (χ2v) is 7.52. The summed E-state index contributed by atoms with van der Waals surface area (Å²) in [6.45, 7) is 0.603. The highest BCUT2D eigenvalue weighted by Gasteiger charge is 2.38. The van der Waals surface area contributed by atoms with Crippen molar-refractivity contribution in [3.8, 4) is 0 Å². The van der Waals surface area contributed by atoms with Crippen molar-refractivity contribution in [3.05, 3.63) is 59.7 Å². The maximum absolute atomic E-state index is 13.3. The number of rotatable bonds is 3. The Bertz CT molecular complexity index is 867. The maximum atomic E-state index is 13.3. The van der Waals surface area contributed by atoms with Crippen molar-refractivity contribution < 1.29 is 21.6 Å². The fourth-order valence-electron chi connectivity index (χ4n) is 3.26. The highest BCUT2D eigenvalue weighted by molar-refractivity contribution is 7.89. The summed E-state index contributed by atoms with van der Waals surface area (Å²) in [4.78, 5) is 0.969. The number of hydrogen-bond acceptors (Lipinski definition) is 3. The van der Waals surface area contributed by atoms with E-state index in [1.54, 1.807) is 0 Å². The zero-order chi connectivity index (χ0) is 18.2. The summed E-state index contributed by atoms with van der Waals surface area (Å²) in [5, 5.41) is 4.93. The van der Waals surface area contributed by atoms with Crippen LogP contribution in [-0.4, -0.2) is 15.0 Å². The van der Waals surface area contributed by atoms with Gasteiger partial charge in [-0.25, -0.2) is 13.6 Å². The van der Waals surface area contributed by atoms with Crippen molar-refractivity contribution in [1.82, 2.24) is 0 Å². The minimum Gasteiger partial charge on any atom is -0.364 e. The van der Waals surface area contributed by atoms with Gasteiger partial charge in [-0.3, -0.25) is 0 Å². The summed E-state index contributed by atoms with van der Waals surface area (Å²) in [5.74, 6) is 0. The number of hydrogen-bond donors (Lipinski definition) is 1. The molecule has 8 heteroatoms. The van der Waals surface area contributed by atoms with Gasteiger partial charge in [0.2, 0.25) is 10.0 Å². The first-order valence-electron chi connectivity index (χ1n) is 7.73. The smallest absolute Gasteiger partial charge is 0.364 e. The maximum Gasteiger partial charge on any atom is 0.417 e. The molecule has 1 heterocycles. The third kappa shape index (κ3) is 3.64. The summed E-state index contributed by atoms with van der Waals surface area (Å²) >= 11 is 0. The van der Waals surface area contributed by atoms with Gasteiger partial charge in [-0.1, -0.05) is 30.3 Å². The molecule has 1 aliphatic heterocycles. The van der Waals surface area contributed by atoms with Crippen molar-refractivity contribution in [1.29, 1.82) is 0 Å². The molecule has 3 rings (SSSR count). The summed E-state index contributed by atoms with van der Waals surface area (Å²) in [6.07, 6.45) is -3.14. The third-order valence-electron chi connectivity index (χ3n) is 4.34. The highest BCUT2D eigenvalue weighted by atomic mass is 32.2. The Kier molecular flexibility index (Phi) is 4.51. The Morgan fingerprint density at radius 1 is 1.08 bits per heavy atom. The number of sulfonamides is 1. The van der Waals surface area contributed by atoms with Gasteiger partial charge in [-0.15, -0.1) is 0 Å². The van der Waals surface area contributed by atoms with Gasteiger partial charge in [0.1, 0.15) is 0 Å². The predicted molar refractivity (Wildman–Crippen MR) is 88.6 cm³/mol. The molecule has 2 aromatic rings. The van der Waals surface area contributed by atoms with Gasteiger partial charge in [0.15, 0.2) is 0 Å². The zero-order valence-corrected chi connectivity index (χ0v) is 14.0. The topological polar surface area (TPSA) is 63.4 Å². The van der Waals surface area contributed by atoms with Crippen LogP contribution in [0.3, 0.4) is 0 Å². The summed E-state index contributed by atoms with van der Waals surface area (Å²) in [7, 11) is -4.46. The molecule has 4 nitrogen and oxygen atoms in total. The number of benzene rings is 2. The van der Waals surface area contributed by atoms with Crippen molar-refractivity contribution in [2.75, 3.05) is 11.4 Å². The number of alkyl halides is 3. The Morgan fingerprint density at radius 2 is 1.76 bits per heavy atom. The van der Waals surface area contributed by atoms with E-state index in [1.807, 2.05) is 35.2 Å². The van der Waals surface area contributed by atoms with Crippen molar-refractivity contribution in [2.45, 2.75) is 30.0 Å². The Hall–Kier alpha value is -2.06. The third-order valence-corrected chi connectivity index (χ3v) is 5.31. The average Bonchev–Trinajstić information content (AvgIpc) is 3.03. The number of nitrogens with two attached hydrogens (primary N) is 1. The Balaban J connectivity index is 2.06. The zero-order valence-electron chi connectivity index (χ0n) is 13.2. The quantitative estimate of drug-likeness (QED) is 0.896. The van der Waals surface area contributed by atoms with E-state index in [-0.39, 0.29) is 6.04 Å². The van der Waals surface area contributed by atoms with E-state index in [2.05, 4.69) is 0 Å². The molecule has 1 saturated heterocycles. The molecule has 2 N–H and O–H groups in total. The largest absolute Gasteiger partial charge is 0.417 e. The number of anilines is 1. The monoisotopic (exact) mass is 370 g/mol. The summed E-state index contributed by atoms with van der Waals surface area (Å²) < 4.78 is 62.9. The Morgan fingerprint density at radius 3 is 2.36 bits per heavy atom. The molecule has 0 aromatic heterocycles. The molecule has 134 valence electrons. The first kappa shape index (κ1) is 17.8. The van der Waals surface area contributed by atoms with E-state index in [9.17, 15) is 21.6 Å². The lowest BCUT2D eigenvalue weighted by molar-refractivity contribution is -0.139. The molecule has 1 atom stereocenters. The lowest BCUT2D eigenvalue weighted by atomic mass is 10.0. The van der Waals surface area contributed by atoms with Gasteiger partial charge < -0.3 is 4.90 Å². The average molecular weight is 370 g/mol. The van der Waals surface area contributed by atoms with Crippen LogP contribution < -0.4 is 10.0 Å². The SMILES string of the molecule is NS(=O)(=O)c1ccc(N2CCCC2c2ccccc2)cc1C(F)(F)F. The molecular formula is C17H17F3N2O2S. The van der Waals surface area contributed by atoms with E-state index in [0.717, 1.165) is 30.5 Å². The lowest BCUT2D eigenvalue weighted by Crippen LogP contribution is -2.24. The van der Waals surface area contributed by atoms with Gasteiger partial charge >= 0.3 is 6.18 Å². The summed E-state index contributed by atoms with van der Waals surface area (Å²) in [5.41, 5.74) is 0.126. The molecule has 1 fully saturated rings. The minimum absolute atomic E-state index is 0.0392. The van der Waals surface area contributed by atoms with Crippen LogP contribution in [0.15, 0.2) is 53.4 Å². The van der Waals surface area contributed by atoms with E-state index < -0.39 is 26.7 Å². The first-order chi connectivity index (χ1) is 11.7. The second kappa shape index (κ2) is 6.34. The van der Waals surface area contributed by atoms with Gasteiger partial charge in [0, 0.05) is 12.2 Å². The molecule has 0 amide bonds. The molecular weight excluding hydrogens is 353 g/mol. The molecule has 0 radical (unpaired) electrons. The van der Waals surface area contributed by atoms with E-state index in [4.69, 9.17) is 5.14 Å². The molecule has 0 bridgehead atoms. The molecule has 0 spiro atoms. The van der Waals surface area contributed by atoms with Crippen molar-refractivity contribution in [3.63, 3.8) is 0 Å². The van der Waals surface area contributed by atoms with Gasteiger partial charge in [0.25, 0.3) is 0 Å². The van der Waals surface area contributed by atoms with Crippen molar-refractivity contribution >= 4 is 15.7 Å². The molecule has 25 heavy (non-hydrogen) atoms. The highest BCUT2D eigenvalue weighted by Crippen LogP contribution is 2.40. The normalized spacial score (nSPS) is 18.6. The van der Waals surface area contributed by atoms with Crippen LogP contribution in [0, 0.1) is 0 Å². The standard InChI is InChI=1S/C17H17F3N2O2S/c18-17(19,20)14-11-13(8-9-16(14)25(21,23)24)22-10-4-7-15(22)12-5-2-1-3-6-12/h1-3,5-6,8-9,11,15H,4,7,10H2,(H2,21,23,24). The van der Waals surface area contributed by atoms with Gasteiger partial charge in [-0.05, 0) is 36.6 Å². The van der Waals surface area contributed by atoms with Crippen LogP contribution in [0.4, 0.5) is 18.9 Å². The van der Waals surface area contributed by atoms with E-state index in [0.29, 0.717) is 12.2 Å². The fourth-order valence-corrected chi connectivity index (χ4v) is 4.00. The molecule has 2 aromatic carbocycles. The molecule has 0 saturated carbocycles. The Labute approximate surface area is 144 Å². The minimum atomic E-state index is -4.81. The van der Waals surface area contributed by atoms with Crippen LogP contribution in [0.5, 0.6) is 0 Å². The fraction of sp³-hybridized carbons (Fsp3) is 0.294. The number of primary sulfonamides is 1. The van der Waals surface area contributed by atoms with E-state index >= 15 is 0 Å². The van der Waals surface area contributed by atoms with Crippen LogP contribution in [0.25, 0.3) is 0 Å². The number of nitrogens with zero attached hydrogens (tertiary/aromatic N) is 1. The predicted octanol–water partition coefficient (Wildman–Crippen LogP) is 3.69. The first-order valence-corrected chi connectivity index (χ1v) is 9.28. The van der Waals surface area contributed by atoms with Gasteiger partial charge in [0.05, 0.1) is 16.5 Å². The molecule has 0 aliphatic carbocycles. The van der Waals surface area contributed by atoms with Crippen LogP contribution in [0.2, 0.25) is 0 Å². The lowest BCUT2D eigenvalue weighted by Gasteiger charge is -2.28. The summed E-state index contributed by atoms with van der Waals surface area (Å²) in [6, 6.07) is 12.7. The van der Waals surface area contributed by atoms with Crippen LogP contribution in [0.1, 0.15) is 30.0 Å². The second-order valence-electron chi connectivity index (χ2n) is 5.99.